The van der Waals surface area contributed by atoms with Crippen LogP contribution in [0.3, 0.4) is 0 Å². The van der Waals surface area contributed by atoms with E-state index in [4.69, 9.17) is 5.11 Å². The van der Waals surface area contributed by atoms with Crippen molar-refractivity contribution in [2.24, 2.45) is 0 Å². The highest BCUT2D eigenvalue weighted by Crippen LogP contribution is 2.15. The normalized spacial score (nSPS) is 9.58. The third-order valence-electron chi connectivity index (χ3n) is 2.35. The molecule has 0 saturated carbocycles. The summed E-state index contributed by atoms with van der Waals surface area (Å²) >= 11 is 0. The Morgan fingerprint density at radius 1 is 1.32 bits per heavy atom. The molecule has 0 unspecified atom stereocenters. The van der Waals surface area contributed by atoms with Crippen LogP contribution in [-0.2, 0) is 9.53 Å². The van der Waals surface area contributed by atoms with Gasteiger partial charge in [0.05, 0.1) is 12.7 Å². The van der Waals surface area contributed by atoms with Crippen LogP contribution in [0.5, 0.6) is 0 Å². The maximum Gasteiger partial charge on any atom is 0.336 e. The lowest BCUT2D eigenvalue weighted by atomic mass is 10.1. The fraction of sp³-hybridized carbons (Fsp3) is 0.250. The molecule has 0 saturated heterocycles. The van der Waals surface area contributed by atoms with Gasteiger partial charge in [0.2, 0.25) is 0 Å². The average Bonchev–Trinajstić information content (AvgIpc) is 2.37. The highest BCUT2D eigenvalue weighted by Gasteiger charge is 2.10. The van der Waals surface area contributed by atoms with Crippen molar-refractivity contribution in [1.29, 1.82) is 0 Å². The Balaban J connectivity index is 2.67. The zero-order chi connectivity index (χ0) is 14.4. The van der Waals surface area contributed by atoms with E-state index < -0.39 is 18.0 Å². The highest BCUT2D eigenvalue weighted by atomic mass is 16.5. The van der Waals surface area contributed by atoms with Crippen LogP contribution in [0.2, 0.25) is 0 Å². The molecule has 0 bridgehead atoms. The van der Waals surface area contributed by atoms with Crippen molar-refractivity contribution in [1.82, 2.24) is 5.32 Å². The zero-order valence-electron chi connectivity index (χ0n) is 10.5. The predicted octanol–water partition coefficient (Wildman–Crippen LogP) is 0.988. The molecule has 0 atom stereocenters. The molecule has 3 N–H and O–H groups in total. The quantitative estimate of drug-likeness (QED) is 0.705. The van der Waals surface area contributed by atoms with E-state index in [1.165, 1.54) is 13.2 Å². The average molecular weight is 266 g/mol. The second-order valence-corrected chi connectivity index (χ2v) is 3.72. The zero-order valence-corrected chi connectivity index (χ0v) is 10.5. The minimum absolute atomic E-state index is 0.103. The number of aromatic carboxylic acids is 1. The number of hydrogen-bond donors (Lipinski definition) is 3. The molecule has 0 aliphatic carbocycles. The van der Waals surface area contributed by atoms with Gasteiger partial charge in [0.25, 0.3) is 0 Å². The van der Waals surface area contributed by atoms with E-state index in [0.29, 0.717) is 11.3 Å². The van der Waals surface area contributed by atoms with Crippen LogP contribution < -0.4 is 10.6 Å². The number of hydrogen-bond acceptors (Lipinski definition) is 4. The molecule has 1 aromatic carbocycles. The summed E-state index contributed by atoms with van der Waals surface area (Å²) in [5, 5.41) is 13.6. The fourth-order valence-corrected chi connectivity index (χ4v) is 1.33. The Labute approximate surface area is 109 Å². The van der Waals surface area contributed by atoms with Crippen LogP contribution >= 0.6 is 0 Å². The number of carbonyl (C=O) groups excluding carboxylic acids is 2. The van der Waals surface area contributed by atoms with E-state index >= 15 is 0 Å². The number of amides is 2. The lowest BCUT2D eigenvalue weighted by molar-refractivity contribution is -0.139. The minimum atomic E-state index is -1.07. The van der Waals surface area contributed by atoms with Crippen LogP contribution in [0, 0.1) is 6.92 Å². The summed E-state index contributed by atoms with van der Waals surface area (Å²) in [4.78, 5) is 33.2. The lowest BCUT2D eigenvalue weighted by Gasteiger charge is -2.08. The van der Waals surface area contributed by atoms with Gasteiger partial charge < -0.3 is 20.5 Å². The molecule has 19 heavy (non-hydrogen) atoms. The van der Waals surface area contributed by atoms with E-state index in [1.807, 2.05) is 0 Å². The molecule has 0 fully saturated rings. The third-order valence-corrected chi connectivity index (χ3v) is 2.35. The number of ether oxygens (including phenoxy) is 1. The summed E-state index contributed by atoms with van der Waals surface area (Å²) in [5.74, 6) is -1.65. The Hall–Kier alpha value is -2.57. The number of benzene rings is 1. The number of rotatable bonds is 4. The van der Waals surface area contributed by atoms with E-state index in [9.17, 15) is 14.4 Å². The third kappa shape index (κ3) is 4.30. The summed E-state index contributed by atoms with van der Waals surface area (Å²) in [6.45, 7) is 1.39. The van der Waals surface area contributed by atoms with Crippen molar-refractivity contribution in [2.45, 2.75) is 6.92 Å². The number of nitrogens with one attached hydrogen (secondary N) is 2. The minimum Gasteiger partial charge on any atom is -0.478 e. The van der Waals surface area contributed by atoms with Crippen molar-refractivity contribution >= 4 is 23.7 Å². The molecule has 102 valence electrons. The first-order valence-corrected chi connectivity index (χ1v) is 5.39. The van der Waals surface area contributed by atoms with Crippen molar-refractivity contribution < 1.29 is 24.2 Å². The number of carbonyl (C=O) groups is 3. The van der Waals surface area contributed by atoms with Crippen molar-refractivity contribution in [3.8, 4) is 0 Å². The van der Waals surface area contributed by atoms with Gasteiger partial charge in [-0.2, -0.15) is 0 Å². The fourth-order valence-electron chi connectivity index (χ4n) is 1.33. The Kier molecular flexibility index (Phi) is 4.87. The second kappa shape index (κ2) is 6.39. The summed E-state index contributed by atoms with van der Waals surface area (Å²) < 4.78 is 4.36. The molecule has 0 heterocycles. The Bertz CT molecular complexity index is 513. The van der Waals surface area contributed by atoms with E-state index in [2.05, 4.69) is 15.4 Å². The van der Waals surface area contributed by atoms with Crippen LogP contribution in [-0.4, -0.2) is 36.7 Å². The molecule has 0 spiro atoms. The number of methoxy groups -OCH3 is 1. The first kappa shape index (κ1) is 14.5. The van der Waals surface area contributed by atoms with Gasteiger partial charge in [-0.1, -0.05) is 6.07 Å². The Morgan fingerprint density at radius 2 is 2.00 bits per heavy atom. The Morgan fingerprint density at radius 3 is 2.58 bits per heavy atom. The van der Waals surface area contributed by atoms with Gasteiger partial charge in [-0.15, -0.1) is 0 Å². The molecule has 0 radical (unpaired) electrons. The highest BCUT2D eigenvalue weighted by molar-refractivity contribution is 5.94. The summed E-state index contributed by atoms with van der Waals surface area (Å²) in [6.07, 6.45) is 0. The van der Waals surface area contributed by atoms with E-state index in [-0.39, 0.29) is 12.1 Å². The van der Waals surface area contributed by atoms with Gasteiger partial charge >= 0.3 is 18.0 Å². The molecule has 0 aromatic heterocycles. The molecule has 7 heteroatoms. The SMILES string of the molecule is COC(=O)CNC(=O)Nc1ccc(C)c(C(=O)O)c1. The number of carboxylic acids is 1. The standard InChI is InChI=1S/C12H14N2O5/c1-7-3-4-8(5-9(7)11(16)17)14-12(18)13-6-10(15)19-2/h3-5H,6H2,1-2H3,(H,16,17)(H2,13,14,18). The lowest BCUT2D eigenvalue weighted by Crippen LogP contribution is -2.33. The van der Waals surface area contributed by atoms with Crippen LogP contribution in [0.1, 0.15) is 15.9 Å². The van der Waals surface area contributed by atoms with Gasteiger partial charge in [-0.3, -0.25) is 4.79 Å². The monoisotopic (exact) mass is 266 g/mol. The first-order chi connectivity index (χ1) is 8.93. The number of esters is 1. The van der Waals surface area contributed by atoms with Gasteiger partial charge in [0.15, 0.2) is 0 Å². The maximum atomic E-state index is 11.4. The molecule has 2 amide bonds. The predicted molar refractivity (Wildman–Crippen MR) is 67.2 cm³/mol. The number of anilines is 1. The summed E-state index contributed by atoms with van der Waals surface area (Å²) in [6, 6.07) is 3.87. The van der Waals surface area contributed by atoms with E-state index in [0.717, 1.165) is 0 Å². The van der Waals surface area contributed by atoms with Gasteiger partial charge in [0.1, 0.15) is 6.54 Å². The van der Waals surface area contributed by atoms with Crippen molar-refractivity contribution in [3.63, 3.8) is 0 Å². The first-order valence-electron chi connectivity index (χ1n) is 5.39. The van der Waals surface area contributed by atoms with Crippen LogP contribution in [0.25, 0.3) is 0 Å². The molecule has 0 aliphatic rings. The molecular weight excluding hydrogens is 252 g/mol. The maximum absolute atomic E-state index is 11.4. The van der Waals surface area contributed by atoms with E-state index in [1.54, 1.807) is 19.1 Å². The summed E-state index contributed by atoms with van der Waals surface area (Å²) in [5.41, 5.74) is 1.02. The molecular formula is C12H14N2O5. The second-order valence-electron chi connectivity index (χ2n) is 3.72. The van der Waals surface area contributed by atoms with Crippen molar-refractivity contribution in [3.05, 3.63) is 29.3 Å². The van der Waals surface area contributed by atoms with Crippen LogP contribution in [0.4, 0.5) is 10.5 Å². The topological polar surface area (TPSA) is 105 Å². The van der Waals surface area contributed by atoms with Gasteiger partial charge in [-0.25, -0.2) is 9.59 Å². The molecule has 1 aromatic rings. The molecule has 1 rings (SSSR count). The molecule has 7 nitrogen and oxygen atoms in total. The number of urea groups is 1. The molecule has 0 aliphatic heterocycles. The number of aryl methyl sites for hydroxylation is 1. The number of carboxylic acid groups (broad SMARTS) is 1. The van der Waals surface area contributed by atoms with Gasteiger partial charge in [0, 0.05) is 5.69 Å². The van der Waals surface area contributed by atoms with Gasteiger partial charge in [-0.05, 0) is 24.6 Å². The van der Waals surface area contributed by atoms with Crippen LogP contribution in [0.15, 0.2) is 18.2 Å². The summed E-state index contributed by atoms with van der Waals surface area (Å²) in [7, 11) is 1.21. The smallest absolute Gasteiger partial charge is 0.336 e. The largest absolute Gasteiger partial charge is 0.478 e. The van der Waals surface area contributed by atoms with Crippen molar-refractivity contribution in [2.75, 3.05) is 19.0 Å².